The van der Waals surface area contributed by atoms with E-state index in [1.807, 2.05) is 6.92 Å². The molecule has 1 aliphatic heterocycles. The van der Waals surface area contributed by atoms with Gasteiger partial charge >= 0.3 is 6.03 Å². The number of amides is 2. The minimum Gasteiger partial charge on any atom is -0.393 e. The predicted molar refractivity (Wildman–Crippen MR) is 88.9 cm³/mol. The molecule has 128 valence electrons. The summed E-state index contributed by atoms with van der Waals surface area (Å²) < 4.78 is 0. The molecule has 3 N–H and O–H groups in total. The van der Waals surface area contributed by atoms with Gasteiger partial charge in [-0.2, -0.15) is 0 Å². The lowest BCUT2D eigenvalue weighted by Gasteiger charge is -2.40. The van der Waals surface area contributed by atoms with E-state index >= 15 is 0 Å². The normalized spacial score (nSPS) is 25.6. The van der Waals surface area contributed by atoms with Crippen molar-refractivity contribution in [1.29, 1.82) is 0 Å². The molecule has 1 heterocycles. The van der Waals surface area contributed by atoms with Crippen molar-refractivity contribution in [1.82, 2.24) is 15.5 Å². The summed E-state index contributed by atoms with van der Waals surface area (Å²) in [7, 11) is 0. The second kappa shape index (κ2) is 9.36. The zero-order valence-corrected chi connectivity index (χ0v) is 14.0. The number of piperidine rings is 1. The van der Waals surface area contributed by atoms with E-state index in [-0.39, 0.29) is 18.2 Å². The van der Waals surface area contributed by atoms with Crippen LogP contribution in [0.2, 0.25) is 0 Å². The van der Waals surface area contributed by atoms with Crippen molar-refractivity contribution in [3.63, 3.8) is 0 Å². The highest BCUT2D eigenvalue weighted by Crippen LogP contribution is 2.25. The molecule has 2 aliphatic rings. The van der Waals surface area contributed by atoms with Crippen molar-refractivity contribution in [2.24, 2.45) is 0 Å². The molecule has 0 spiro atoms. The maximum atomic E-state index is 11.9. The topological polar surface area (TPSA) is 64.6 Å². The van der Waals surface area contributed by atoms with Crippen LogP contribution in [0.1, 0.15) is 64.7 Å². The third-order valence-corrected chi connectivity index (χ3v) is 5.11. The molecule has 2 unspecified atom stereocenters. The lowest BCUT2D eigenvalue weighted by Crippen LogP contribution is -2.53. The zero-order valence-electron chi connectivity index (χ0n) is 14.0. The van der Waals surface area contributed by atoms with Gasteiger partial charge in [0.25, 0.3) is 0 Å². The number of nitrogens with zero attached hydrogens (tertiary/aromatic N) is 1. The Morgan fingerprint density at radius 1 is 1.23 bits per heavy atom. The smallest absolute Gasteiger partial charge is 0.315 e. The molecule has 5 nitrogen and oxygen atoms in total. The minimum atomic E-state index is -0.309. The second-order valence-corrected chi connectivity index (χ2v) is 6.88. The maximum absolute atomic E-state index is 11.9. The monoisotopic (exact) mass is 311 g/mol. The van der Waals surface area contributed by atoms with Crippen molar-refractivity contribution in [2.45, 2.75) is 82.9 Å². The number of nitrogens with one attached hydrogen (secondary N) is 2. The fourth-order valence-electron chi connectivity index (χ4n) is 3.69. The molecular weight excluding hydrogens is 278 g/mol. The fourth-order valence-corrected chi connectivity index (χ4v) is 3.69. The second-order valence-electron chi connectivity index (χ2n) is 6.88. The fraction of sp³-hybridized carbons (Fsp3) is 0.941. The molecule has 5 heteroatoms. The SMILES string of the molecule is CCC(O)CCNC(=O)NC1CCCN(C2CCCCC2)C1. The quantitative estimate of drug-likeness (QED) is 0.705. The van der Waals surface area contributed by atoms with E-state index in [9.17, 15) is 9.90 Å². The van der Waals surface area contributed by atoms with Crippen LogP contribution < -0.4 is 10.6 Å². The molecule has 0 aromatic rings. The van der Waals surface area contributed by atoms with Crippen LogP contribution in [0.3, 0.4) is 0 Å². The predicted octanol–water partition coefficient (Wildman–Crippen LogP) is 2.24. The highest BCUT2D eigenvalue weighted by molar-refractivity contribution is 5.74. The molecule has 0 bridgehead atoms. The third kappa shape index (κ3) is 5.76. The summed E-state index contributed by atoms with van der Waals surface area (Å²) in [6.07, 6.45) is 10.1. The lowest BCUT2D eigenvalue weighted by atomic mass is 9.92. The number of carbonyl (C=O) groups excluding carboxylic acids is 1. The molecule has 1 saturated heterocycles. The van der Waals surface area contributed by atoms with Crippen LogP contribution in [0.15, 0.2) is 0 Å². The molecule has 0 aromatic carbocycles. The van der Waals surface area contributed by atoms with Crippen molar-refractivity contribution >= 4 is 6.03 Å². The van der Waals surface area contributed by atoms with Crippen molar-refractivity contribution in [3.8, 4) is 0 Å². The number of aliphatic hydroxyl groups excluding tert-OH is 1. The third-order valence-electron chi connectivity index (χ3n) is 5.11. The van der Waals surface area contributed by atoms with E-state index in [0.29, 0.717) is 13.0 Å². The highest BCUT2D eigenvalue weighted by atomic mass is 16.3. The van der Waals surface area contributed by atoms with Gasteiger partial charge in [-0.3, -0.25) is 4.90 Å². The van der Waals surface area contributed by atoms with Gasteiger partial charge in [-0.25, -0.2) is 4.79 Å². The molecule has 2 rings (SSSR count). The molecule has 0 aromatic heterocycles. The van der Waals surface area contributed by atoms with Gasteiger partial charge in [-0.05, 0) is 45.1 Å². The van der Waals surface area contributed by atoms with Crippen molar-refractivity contribution in [3.05, 3.63) is 0 Å². The van der Waals surface area contributed by atoms with Gasteiger partial charge in [0.1, 0.15) is 0 Å². The van der Waals surface area contributed by atoms with Crippen LogP contribution >= 0.6 is 0 Å². The van der Waals surface area contributed by atoms with Crippen molar-refractivity contribution < 1.29 is 9.90 Å². The van der Waals surface area contributed by atoms with Gasteiger partial charge < -0.3 is 15.7 Å². The largest absolute Gasteiger partial charge is 0.393 e. The number of aliphatic hydroxyl groups is 1. The van der Waals surface area contributed by atoms with Crippen LogP contribution in [0.25, 0.3) is 0 Å². The Balaban J connectivity index is 1.67. The first kappa shape index (κ1) is 17.5. The van der Waals surface area contributed by atoms with E-state index in [1.165, 1.54) is 45.1 Å². The number of urea groups is 1. The van der Waals surface area contributed by atoms with Gasteiger partial charge in [0.15, 0.2) is 0 Å². The summed E-state index contributed by atoms with van der Waals surface area (Å²) in [6.45, 7) is 4.68. The summed E-state index contributed by atoms with van der Waals surface area (Å²) in [5, 5.41) is 15.5. The van der Waals surface area contributed by atoms with Crippen molar-refractivity contribution in [2.75, 3.05) is 19.6 Å². The Hall–Kier alpha value is -0.810. The highest BCUT2D eigenvalue weighted by Gasteiger charge is 2.27. The Kier molecular flexibility index (Phi) is 7.46. The number of hydrogen-bond acceptors (Lipinski definition) is 3. The molecule has 1 aliphatic carbocycles. The number of rotatable bonds is 6. The first-order valence-electron chi connectivity index (χ1n) is 9.15. The molecule has 2 atom stereocenters. The maximum Gasteiger partial charge on any atom is 0.315 e. The summed E-state index contributed by atoms with van der Waals surface area (Å²) in [4.78, 5) is 14.5. The molecule has 0 radical (unpaired) electrons. The summed E-state index contributed by atoms with van der Waals surface area (Å²) >= 11 is 0. The van der Waals surface area contributed by atoms with Gasteiger partial charge in [-0.1, -0.05) is 26.2 Å². The average molecular weight is 311 g/mol. The number of hydrogen-bond donors (Lipinski definition) is 3. The van der Waals surface area contributed by atoms with Crippen LogP contribution in [0.5, 0.6) is 0 Å². The summed E-state index contributed by atoms with van der Waals surface area (Å²) in [5.41, 5.74) is 0. The van der Waals surface area contributed by atoms with Gasteiger partial charge in [-0.15, -0.1) is 0 Å². The standard InChI is InChI=1S/C17H33N3O2/c1-2-16(21)10-11-18-17(22)19-14-7-6-12-20(13-14)15-8-4-3-5-9-15/h14-16,21H,2-13H2,1H3,(H2,18,19,22). The molecule has 2 amide bonds. The Bertz CT molecular complexity index is 332. The summed E-state index contributed by atoms with van der Waals surface area (Å²) in [5.74, 6) is 0. The summed E-state index contributed by atoms with van der Waals surface area (Å²) in [6, 6.07) is 0.923. The van der Waals surface area contributed by atoms with E-state index in [2.05, 4.69) is 15.5 Å². The Morgan fingerprint density at radius 3 is 2.73 bits per heavy atom. The van der Waals surface area contributed by atoms with E-state index in [0.717, 1.165) is 25.4 Å². The molecular formula is C17H33N3O2. The van der Waals surface area contributed by atoms with Crippen LogP contribution in [0.4, 0.5) is 4.79 Å². The molecule has 2 fully saturated rings. The average Bonchev–Trinajstić information content (AvgIpc) is 2.55. The lowest BCUT2D eigenvalue weighted by molar-refractivity contribution is 0.112. The van der Waals surface area contributed by atoms with Crippen LogP contribution in [-0.4, -0.2) is 53.9 Å². The Morgan fingerprint density at radius 2 is 2.00 bits per heavy atom. The van der Waals surface area contributed by atoms with Gasteiger partial charge in [0.2, 0.25) is 0 Å². The molecule has 22 heavy (non-hydrogen) atoms. The van der Waals surface area contributed by atoms with Crippen LogP contribution in [0, 0.1) is 0 Å². The van der Waals surface area contributed by atoms with Gasteiger partial charge in [0, 0.05) is 25.2 Å². The first-order chi connectivity index (χ1) is 10.7. The minimum absolute atomic E-state index is 0.0844. The van der Waals surface area contributed by atoms with Gasteiger partial charge in [0.05, 0.1) is 6.10 Å². The zero-order chi connectivity index (χ0) is 15.8. The number of likely N-dealkylation sites (tertiary alicyclic amines) is 1. The Labute approximate surface area is 134 Å². The van der Waals surface area contributed by atoms with Crippen LogP contribution in [-0.2, 0) is 0 Å². The molecule has 1 saturated carbocycles. The van der Waals surface area contributed by atoms with E-state index in [4.69, 9.17) is 0 Å². The first-order valence-corrected chi connectivity index (χ1v) is 9.15. The number of carbonyl (C=O) groups is 1. The van der Waals surface area contributed by atoms with E-state index < -0.39 is 0 Å². The van der Waals surface area contributed by atoms with E-state index in [1.54, 1.807) is 0 Å².